The van der Waals surface area contributed by atoms with E-state index < -0.39 is 11.7 Å². The third-order valence-electron chi connectivity index (χ3n) is 2.79. The summed E-state index contributed by atoms with van der Waals surface area (Å²) in [4.78, 5) is 3.83. The molecule has 2 N–H and O–H groups in total. The molecule has 0 aliphatic rings. The van der Waals surface area contributed by atoms with Crippen LogP contribution in [0.2, 0.25) is 5.02 Å². The first-order valence-corrected chi connectivity index (χ1v) is 7.32. The Morgan fingerprint density at radius 2 is 1.90 bits per heavy atom. The molecule has 112 valence electrons. The van der Waals surface area contributed by atoms with Gasteiger partial charge < -0.3 is 5.73 Å². The van der Waals surface area contributed by atoms with Crippen molar-refractivity contribution in [3.8, 4) is 0 Å². The van der Waals surface area contributed by atoms with Gasteiger partial charge >= 0.3 is 6.18 Å². The van der Waals surface area contributed by atoms with Crippen LogP contribution in [0.15, 0.2) is 47.6 Å². The molecular formula is C14H12ClF3N2S. The number of nitrogens with zero attached hydrogens (tertiary/aromatic N) is 1. The van der Waals surface area contributed by atoms with Crippen molar-refractivity contribution in [1.82, 2.24) is 4.98 Å². The van der Waals surface area contributed by atoms with Crippen molar-refractivity contribution in [3.05, 3.63) is 58.7 Å². The number of hydrogen-bond donors (Lipinski definition) is 1. The molecule has 2 rings (SSSR count). The van der Waals surface area contributed by atoms with Crippen molar-refractivity contribution in [2.75, 3.05) is 6.54 Å². The van der Waals surface area contributed by atoms with Crippen LogP contribution in [0.5, 0.6) is 0 Å². The fourth-order valence-corrected chi connectivity index (χ4v) is 3.05. The highest BCUT2D eigenvalue weighted by molar-refractivity contribution is 7.99. The Labute approximate surface area is 129 Å². The smallest absolute Gasteiger partial charge is 0.329 e. The lowest BCUT2D eigenvalue weighted by Gasteiger charge is -2.16. The SMILES string of the molecule is NCC(Sc1ccc(C(F)(F)F)cn1)c1ccccc1Cl. The first-order chi connectivity index (χ1) is 9.91. The number of benzene rings is 1. The average Bonchev–Trinajstić information content (AvgIpc) is 2.45. The van der Waals surface area contributed by atoms with Gasteiger partial charge in [-0.15, -0.1) is 0 Å². The van der Waals surface area contributed by atoms with Gasteiger partial charge in [0.05, 0.1) is 10.6 Å². The number of rotatable bonds is 4. The highest BCUT2D eigenvalue weighted by Gasteiger charge is 2.30. The normalized spacial score (nSPS) is 13.2. The molecule has 2 aromatic rings. The van der Waals surface area contributed by atoms with Crippen molar-refractivity contribution in [1.29, 1.82) is 0 Å². The van der Waals surface area contributed by atoms with Crippen LogP contribution in [-0.2, 0) is 6.18 Å². The number of alkyl halides is 3. The standard InChI is InChI=1S/C14H12ClF3N2S/c15-11-4-2-1-3-10(11)12(7-19)21-13-6-5-9(8-20-13)14(16,17)18/h1-6,8,12H,7,19H2. The van der Waals surface area contributed by atoms with Crippen LogP contribution in [0, 0.1) is 0 Å². The first-order valence-electron chi connectivity index (χ1n) is 6.06. The number of aromatic nitrogens is 1. The van der Waals surface area contributed by atoms with Gasteiger partial charge in [0.15, 0.2) is 0 Å². The molecule has 0 bridgehead atoms. The third-order valence-corrected chi connectivity index (χ3v) is 4.35. The maximum Gasteiger partial charge on any atom is 0.417 e. The number of thioether (sulfide) groups is 1. The molecule has 21 heavy (non-hydrogen) atoms. The van der Waals surface area contributed by atoms with E-state index in [9.17, 15) is 13.2 Å². The number of hydrogen-bond acceptors (Lipinski definition) is 3. The van der Waals surface area contributed by atoms with Crippen LogP contribution in [0.3, 0.4) is 0 Å². The molecule has 0 radical (unpaired) electrons. The summed E-state index contributed by atoms with van der Waals surface area (Å²) in [6.45, 7) is 0.303. The molecule has 0 spiro atoms. The molecule has 1 heterocycles. The zero-order valence-electron chi connectivity index (χ0n) is 10.8. The molecule has 0 saturated heterocycles. The maximum absolute atomic E-state index is 12.5. The minimum Gasteiger partial charge on any atom is -0.329 e. The fourth-order valence-electron chi connectivity index (χ4n) is 1.74. The molecule has 0 fully saturated rings. The lowest BCUT2D eigenvalue weighted by atomic mass is 10.1. The molecule has 2 nitrogen and oxygen atoms in total. The number of halogens is 4. The van der Waals surface area contributed by atoms with Crippen LogP contribution in [0.25, 0.3) is 0 Å². The van der Waals surface area contributed by atoms with Gasteiger partial charge in [-0.1, -0.05) is 41.6 Å². The Morgan fingerprint density at radius 1 is 1.19 bits per heavy atom. The monoisotopic (exact) mass is 332 g/mol. The largest absolute Gasteiger partial charge is 0.417 e. The van der Waals surface area contributed by atoms with Gasteiger partial charge in [-0.25, -0.2) is 4.98 Å². The second-order valence-corrected chi connectivity index (χ2v) is 5.88. The van der Waals surface area contributed by atoms with Gasteiger partial charge in [-0.2, -0.15) is 13.2 Å². The Balaban J connectivity index is 2.18. The lowest BCUT2D eigenvalue weighted by molar-refractivity contribution is -0.137. The van der Waals surface area contributed by atoms with Crippen LogP contribution in [-0.4, -0.2) is 11.5 Å². The van der Waals surface area contributed by atoms with Crippen molar-refractivity contribution < 1.29 is 13.2 Å². The molecule has 1 aromatic heterocycles. The van der Waals surface area contributed by atoms with Crippen LogP contribution in [0.1, 0.15) is 16.4 Å². The zero-order valence-corrected chi connectivity index (χ0v) is 12.3. The zero-order chi connectivity index (χ0) is 15.5. The van der Waals surface area contributed by atoms with E-state index in [2.05, 4.69) is 4.98 Å². The summed E-state index contributed by atoms with van der Waals surface area (Å²) in [5.41, 5.74) is 5.80. The van der Waals surface area contributed by atoms with Gasteiger partial charge in [0, 0.05) is 23.0 Å². The van der Waals surface area contributed by atoms with Crippen molar-refractivity contribution in [3.63, 3.8) is 0 Å². The molecule has 1 aromatic carbocycles. The highest BCUT2D eigenvalue weighted by Crippen LogP contribution is 2.37. The summed E-state index contributed by atoms with van der Waals surface area (Å²) in [5.74, 6) is 0. The molecular weight excluding hydrogens is 321 g/mol. The molecule has 0 aliphatic heterocycles. The van der Waals surface area contributed by atoms with Crippen molar-refractivity contribution in [2.45, 2.75) is 16.5 Å². The van der Waals surface area contributed by atoms with E-state index in [0.717, 1.165) is 17.8 Å². The molecule has 0 amide bonds. The number of pyridine rings is 1. The molecule has 0 aliphatic carbocycles. The van der Waals surface area contributed by atoms with Crippen molar-refractivity contribution in [2.24, 2.45) is 5.73 Å². The quantitative estimate of drug-likeness (QED) is 0.835. The summed E-state index contributed by atoms with van der Waals surface area (Å²) in [6.07, 6.45) is -3.56. The second-order valence-electron chi connectivity index (χ2n) is 4.25. The van der Waals surface area contributed by atoms with E-state index in [0.29, 0.717) is 16.6 Å². The average molecular weight is 333 g/mol. The fraction of sp³-hybridized carbons (Fsp3) is 0.214. The van der Waals surface area contributed by atoms with Gasteiger partial charge in [0.2, 0.25) is 0 Å². The number of nitrogens with two attached hydrogens (primary N) is 1. The van der Waals surface area contributed by atoms with Gasteiger partial charge in [0.25, 0.3) is 0 Å². The molecule has 7 heteroatoms. The Bertz CT molecular complexity index is 602. The second kappa shape index (κ2) is 6.68. The summed E-state index contributed by atoms with van der Waals surface area (Å²) in [7, 11) is 0. The predicted octanol–water partition coefficient (Wildman–Crippen LogP) is 4.55. The Kier molecular flexibility index (Phi) is 5.13. The highest BCUT2D eigenvalue weighted by atomic mass is 35.5. The van der Waals surface area contributed by atoms with Crippen molar-refractivity contribution >= 4 is 23.4 Å². The summed E-state index contributed by atoms with van der Waals surface area (Å²) < 4.78 is 37.4. The van der Waals surface area contributed by atoms with Gasteiger partial charge in [0.1, 0.15) is 0 Å². The lowest BCUT2D eigenvalue weighted by Crippen LogP contribution is -2.10. The summed E-state index contributed by atoms with van der Waals surface area (Å²) >= 11 is 7.40. The van der Waals surface area contributed by atoms with Gasteiger partial charge in [-0.3, -0.25) is 0 Å². The third kappa shape index (κ3) is 4.12. The van der Waals surface area contributed by atoms with Crippen LogP contribution >= 0.6 is 23.4 Å². The van der Waals surface area contributed by atoms with E-state index in [1.807, 2.05) is 12.1 Å². The first kappa shape index (κ1) is 16.1. The van der Waals surface area contributed by atoms with Crippen LogP contribution < -0.4 is 5.73 Å². The Hall–Kier alpha value is -1.24. The summed E-state index contributed by atoms with van der Waals surface area (Å²) in [6, 6.07) is 9.59. The maximum atomic E-state index is 12.5. The predicted molar refractivity (Wildman–Crippen MR) is 78.3 cm³/mol. The Morgan fingerprint density at radius 3 is 2.43 bits per heavy atom. The minimum atomic E-state index is -4.38. The van der Waals surface area contributed by atoms with E-state index in [-0.39, 0.29) is 5.25 Å². The minimum absolute atomic E-state index is 0.164. The van der Waals surface area contributed by atoms with Crippen LogP contribution in [0.4, 0.5) is 13.2 Å². The summed E-state index contributed by atoms with van der Waals surface area (Å²) in [5, 5.41) is 0.883. The molecule has 1 atom stereocenters. The van der Waals surface area contributed by atoms with E-state index >= 15 is 0 Å². The van der Waals surface area contributed by atoms with E-state index in [4.69, 9.17) is 17.3 Å². The van der Waals surface area contributed by atoms with Gasteiger partial charge in [-0.05, 0) is 23.8 Å². The van der Waals surface area contributed by atoms with E-state index in [1.165, 1.54) is 17.8 Å². The molecule has 0 saturated carbocycles. The molecule has 1 unspecified atom stereocenters. The van der Waals surface area contributed by atoms with E-state index in [1.54, 1.807) is 12.1 Å². The topological polar surface area (TPSA) is 38.9 Å².